The molecule has 3 N–H and O–H groups in total. The summed E-state index contributed by atoms with van der Waals surface area (Å²) in [5, 5.41) is 7.47. The lowest BCUT2D eigenvalue weighted by Crippen LogP contribution is -2.41. The molecule has 14 heavy (non-hydrogen) atoms. The zero-order chi connectivity index (χ0) is 10.8. The zero-order valence-corrected chi connectivity index (χ0v) is 9.64. The van der Waals surface area contributed by atoms with Crippen LogP contribution in [0.5, 0.6) is 0 Å². The van der Waals surface area contributed by atoms with Crippen molar-refractivity contribution in [2.24, 2.45) is 11.1 Å². The van der Waals surface area contributed by atoms with Crippen LogP contribution >= 0.6 is 0 Å². The van der Waals surface area contributed by atoms with Gasteiger partial charge >= 0.3 is 0 Å². The Labute approximate surface area is 87.2 Å². The van der Waals surface area contributed by atoms with Gasteiger partial charge in [-0.3, -0.25) is 5.41 Å². The lowest BCUT2D eigenvalue weighted by Gasteiger charge is -2.36. The molecule has 0 bridgehead atoms. The summed E-state index contributed by atoms with van der Waals surface area (Å²) in [6.07, 6.45) is 5.05. The summed E-state index contributed by atoms with van der Waals surface area (Å²) in [7, 11) is 2.18. The highest BCUT2D eigenvalue weighted by Crippen LogP contribution is 2.26. The maximum atomic E-state index is 7.47. The number of amidine groups is 1. The highest BCUT2D eigenvalue weighted by atomic mass is 15.1. The first-order valence-corrected chi connectivity index (χ1v) is 5.48. The van der Waals surface area contributed by atoms with Crippen LogP contribution in [0.15, 0.2) is 0 Å². The van der Waals surface area contributed by atoms with E-state index in [-0.39, 0.29) is 5.41 Å². The average molecular weight is 197 g/mol. The van der Waals surface area contributed by atoms with Gasteiger partial charge < -0.3 is 10.6 Å². The summed E-state index contributed by atoms with van der Waals surface area (Å²) >= 11 is 0. The fourth-order valence-corrected chi connectivity index (χ4v) is 1.60. The third kappa shape index (κ3) is 2.71. The second-order valence-corrected chi connectivity index (χ2v) is 5.11. The van der Waals surface area contributed by atoms with E-state index in [2.05, 4.69) is 11.9 Å². The van der Waals surface area contributed by atoms with Gasteiger partial charge in [-0.1, -0.05) is 20.3 Å². The van der Waals surface area contributed by atoms with E-state index in [4.69, 9.17) is 11.1 Å². The van der Waals surface area contributed by atoms with Crippen LogP contribution in [-0.2, 0) is 0 Å². The van der Waals surface area contributed by atoms with Crippen LogP contribution in [0.3, 0.4) is 0 Å². The molecule has 1 saturated carbocycles. The predicted octanol–water partition coefficient (Wildman–Crippen LogP) is 1.82. The monoisotopic (exact) mass is 197 g/mol. The lowest BCUT2D eigenvalue weighted by atomic mass is 9.86. The zero-order valence-electron chi connectivity index (χ0n) is 9.64. The lowest BCUT2D eigenvalue weighted by molar-refractivity contribution is 0.148. The van der Waals surface area contributed by atoms with E-state index in [1.165, 1.54) is 19.3 Å². The van der Waals surface area contributed by atoms with Crippen LogP contribution in [0.4, 0.5) is 0 Å². The van der Waals surface area contributed by atoms with Crippen LogP contribution in [0.2, 0.25) is 0 Å². The van der Waals surface area contributed by atoms with Crippen LogP contribution in [0, 0.1) is 10.8 Å². The molecule has 3 nitrogen and oxygen atoms in total. The molecular weight excluding hydrogens is 174 g/mol. The molecule has 0 aliphatic heterocycles. The second-order valence-electron chi connectivity index (χ2n) is 5.11. The summed E-state index contributed by atoms with van der Waals surface area (Å²) in [6.45, 7) is 5.14. The molecule has 1 aliphatic carbocycles. The van der Waals surface area contributed by atoms with Crippen molar-refractivity contribution >= 4 is 5.84 Å². The Kier molecular flexibility index (Phi) is 3.53. The van der Waals surface area contributed by atoms with Crippen molar-refractivity contribution in [2.75, 3.05) is 13.6 Å². The Morgan fingerprint density at radius 2 is 2.07 bits per heavy atom. The molecule has 0 aromatic carbocycles. The van der Waals surface area contributed by atoms with Crippen LogP contribution < -0.4 is 5.73 Å². The van der Waals surface area contributed by atoms with Crippen LogP contribution in [-0.4, -0.2) is 30.4 Å². The molecule has 0 unspecified atom stereocenters. The van der Waals surface area contributed by atoms with Gasteiger partial charge in [0.15, 0.2) is 0 Å². The highest BCUT2D eigenvalue weighted by Gasteiger charge is 2.26. The van der Waals surface area contributed by atoms with E-state index in [1.54, 1.807) is 0 Å². The Morgan fingerprint density at radius 3 is 2.43 bits per heavy atom. The number of nitrogens with two attached hydrogens (primary N) is 1. The van der Waals surface area contributed by atoms with Crippen molar-refractivity contribution in [1.82, 2.24) is 4.90 Å². The van der Waals surface area contributed by atoms with Gasteiger partial charge in [-0.25, -0.2) is 0 Å². The molecule has 1 aliphatic rings. The predicted molar refractivity (Wildman–Crippen MR) is 60.6 cm³/mol. The Balaban J connectivity index is 2.28. The molecule has 0 amide bonds. The van der Waals surface area contributed by atoms with Crippen LogP contribution in [0.1, 0.15) is 39.5 Å². The van der Waals surface area contributed by atoms with E-state index in [1.807, 2.05) is 13.8 Å². The minimum Gasteiger partial charge on any atom is -0.387 e. The highest BCUT2D eigenvalue weighted by molar-refractivity contribution is 5.82. The molecule has 0 radical (unpaired) electrons. The van der Waals surface area contributed by atoms with Crippen molar-refractivity contribution < 1.29 is 0 Å². The van der Waals surface area contributed by atoms with Gasteiger partial charge in [0, 0.05) is 11.5 Å². The van der Waals surface area contributed by atoms with Crippen molar-refractivity contribution in [1.29, 1.82) is 5.41 Å². The number of nitrogens with one attached hydrogen (secondary N) is 1. The van der Waals surface area contributed by atoms with Gasteiger partial charge in [-0.05, 0) is 32.9 Å². The van der Waals surface area contributed by atoms with E-state index in [9.17, 15) is 0 Å². The topological polar surface area (TPSA) is 53.1 Å². The number of hydrogen-bond donors (Lipinski definition) is 2. The van der Waals surface area contributed by atoms with Crippen molar-refractivity contribution in [2.45, 2.75) is 45.6 Å². The maximum Gasteiger partial charge on any atom is 0.0963 e. The standard InChI is InChI=1S/C11H23N3/c1-11(2,10(12)13)7-8-14(3)9-5-4-6-9/h9H,4-8H2,1-3H3,(H3,12,13). The van der Waals surface area contributed by atoms with Gasteiger partial charge in [0.2, 0.25) is 0 Å². The van der Waals surface area contributed by atoms with Crippen molar-refractivity contribution in [3.63, 3.8) is 0 Å². The number of hydrogen-bond acceptors (Lipinski definition) is 2. The first-order valence-electron chi connectivity index (χ1n) is 5.48. The van der Waals surface area contributed by atoms with Gasteiger partial charge in [-0.2, -0.15) is 0 Å². The summed E-state index contributed by atoms with van der Waals surface area (Å²) in [6, 6.07) is 0.790. The van der Waals surface area contributed by atoms with E-state index in [0.717, 1.165) is 19.0 Å². The van der Waals surface area contributed by atoms with E-state index in [0.29, 0.717) is 5.84 Å². The Hall–Kier alpha value is -0.570. The maximum absolute atomic E-state index is 7.47. The Bertz CT molecular complexity index is 207. The number of rotatable bonds is 5. The Morgan fingerprint density at radius 1 is 1.50 bits per heavy atom. The minimum absolute atomic E-state index is 0.141. The molecule has 0 heterocycles. The van der Waals surface area contributed by atoms with Crippen molar-refractivity contribution in [3.8, 4) is 0 Å². The van der Waals surface area contributed by atoms with E-state index >= 15 is 0 Å². The first kappa shape index (κ1) is 11.5. The van der Waals surface area contributed by atoms with E-state index < -0.39 is 0 Å². The summed E-state index contributed by atoms with van der Waals surface area (Å²) in [5.41, 5.74) is 5.40. The minimum atomic E-state index is -0.141. The SMILES string of the molecule is CN(CCC(C)(C)C(=N)N)C1CCC1. The molecule has 82 valence electrons. The van der Waals surface area contributed by atoms with Gasteiger partial charge in [0.25, 0.3) is 0 Å². The molecule has 1 fully saturated rings. The second kappa shape index (κ2) is 4.30. The molecule has 0 atom stereocenters. The molecular formula is C11H23N3. The summed E-state index contributed by atoms with van der Waals surface area (Å²) in [5.74, 6) is 0.305. The first-order chi connectivity index (χ1) is 6.43. The van der Waals surface area contributed by atoms with Crippen molar-refractivity contribution in [3.05, 3.63) is 0 Å². The molecule has 3 heteroatoms. The molecule has 0 spiro atoms. The van der Waals surface area contributed by atoms with Gasteiger partial charge in [0.05, 0.1) is 5.84 Å². The fourth-order valence-electron chi connectivity index (χ4n) is 1.60. The molecule has 0 saturated heterocycles. The average Bonchev–Trinajstić information content (AvgIpc) is 1.97. The normalized spacial score (nSPS) is 18.3. The summed E-state index contributed by atoms with van der Waals surface area (Å²) < 4.78 is 0. The fraction of sp³-hybridized carbons (Fsp3) is 0.909. The van der Waals surface area contributed by atoms with Gasteiger partial charge in [0.1, 0.15) is 0 Å². The quantitative estimate of drug-likeness (QED) is 0.522. The summed E-state index contributed by atoms with van der Waals surface area (Å²) in [4.78, 5) is 2.41. The van der Waals surface area contributed by atoms with Crippen LogP contribution in [0.25, 0.3) is 0 Å². The smallest absolute Gasteiger partial charge is 0.0963 e. The third-order valence-corrected chi connectivity index (χ3v) is 3.52. The molecule has 1 rings (SSSR count). The largest absolute Gasteiger partial charge is 0.387 e. The van der Waals surface area contributed by atoms with Gasteiger partial charge in [-0.15, -0.1) is 0 Å². The number of nitrogens with zero attached hydrogens (tertiary/aromatic N) is 1. The third-order valence-electron chi connectivity index (χ3n) is 3.52. The molecule has 0 aromatic heterocycles. The molecule has 0 aromatic rings.